The molecule has 2 atom stereocenters. The van der Waals surface area contributed by atoms with Crippen LogP contribution in [0.2, 0.25) is 0 Å². The molecule has 0 spiro atoms. The first kappa shape index (κ1) is 11.7. The van der Waals surface area contributed by atoms with Crippen molar-refractivity contribution in [3.63, 3.8) is 0 Å². The normalized spacial score (nSPS) is 28.4. The molecule has 2 aliphatic heterocycles. The van der Waals surface area contributed by atoms with Gasteiger partial charge in [-0.15, -0.1) is 47.0 Å². The number of hydrogen-bond donors (Lipinski definition) is 0. The predicted molar refractivity (Wildman–Crippen MR) is 78.5 cm³/mol. The van der Waals surface area contributed by atoms with Gasteiger partial charge in [0.05, 0.1) is 0 Å². The van der Waals surface area contributed by atoms with Crippen LogP contribution in [0.4, 0.5) is 0 Å². The minimum atomic E-state index is 0.760. The van der Waals surface area contributed by atoms with Crippen LogP contribution in [0.3, 0.4) is 0 Å². The van der Waals surface area contributed by atoms with Crippen LogP contribution in [0.5, 0.6) is 0 Å². The maximum Gasteiger partial charge on any atom is 0.0223 e. The van der Waals surface area contributed by atoms with Crippen molar-refractivity contribution >= 4 is 47.0 Å². The van der Waals surface area contributed by atoms with Crippen molar-refractivity contribution in [1.29, 1.82) is 0 Å². The van der Waals surface area contributed by atoms with Gasteiger partial charge in [0.2, 0.25) is 0 Å². The summed E-state index contributed by atoms with van der Waals surface area (Å²) in [4.78, 5) is 6.02. The van der Waals surface area contributed by atoms with Crippen molar-refractivity contribution < 1.29 is 0 Å². The molecular weight excluding hydrogens is 272 g/mol. The Morgan fingerprint density at radius 1 is 0.812 bits per heavy atom. The molecule has 4 heteroatoms. The first-order valence-electron chi connectivity index (χ1n) is 5.49. The van der Waals surface area contributed by atoms with Gasteiger partial charge in [-0.25, -0.2) is 0 Å². The number of thioether (sulfide) groups is 4. The van der Waals surface area contributed by atoms with Gasteiger partial charge < -0.3 is 0 Å². The van der Waals surface area contributed by atoms with Gasteiger partial charge >= 0.3 is 0 Å². The van der Waals surface area contributed by atoms with E-state index in [0.717, 1.165) is 10.5 Å². The summed E-state index contributed by atoms with van der Waals surface area (Å²) in [6.45, 7) is 4.65. The third kappa shape index (κ3) is 2.26. The van der Waals surface area contributed by atoms with E-state index in [2.05, 4.69) is 26.0 Å². The molecule has 0 saturated carbocycles. The van der Waals surface area contributed by atoms with Gasteiger partial charge in [0.1, 0.15) is 0 Å². The van der Waals surface area contributed by atoms with Gasteiger partial charge in [0.25, 0.3) is 0 Å². The Hall–Kier alpha value is 0.620. The lowest BCUT2D eigenvalue weighted by atomic mass is 10.3. The maximum atomic E-state index is 2.42. The van der Waals surface area contributed by atoms with E-state index >= 15 is 0 Å². The summed E-state index contributed by atoms with van der Waals surface area (Å²) < 4.78 is 0. The van der Waals surface area contributed by atoms with Gasteiger partial charge in [-0.2, -0.15) is 0 Å². The second kappa shape index (κ2) is 4.71. The van der Waals surface area contributed by atoms with Gasteiger partial charge in [-0.05, 0) is 12.1 Å². The van der Waals surface area contributed by atoms with Crippen LogP contribution in [0.1, 0.15) is 13.8 Å². The van der Waals surface area contributed by atoms with Crippen molar-refractivity contribution in [3.8, 4) is 0 Å². The summed E-state index contributed by atoms with van der Waals surface area (Å²) >= 11 is 8.14. The zero-order valence-electron chi connectivity index (χ0n) is 9.36. The topological polar surface area (TPSA) is 0 Å². The molecule has 0 bridgehead atoms. The van der Waals surface area contributed by atoms with Crippen LogP contribution < -0.4 is 0 Å². The van der Waals surface area contributed by atoms with Crippen LogP contribution in [-0.4, -0.2) is 22.0 Å². The SMILES string of the molecule is CC1CSc2cc3c(cc2S1)SCC(C)S3. The van der Waals surface area contributed by atoms with E-state index in [1.807, 2.05) is 47.0 Å². The fourth-order valence-corrected chi connectivity index (χ4v) is 6.81. The Morgan fingerprint density at radius 3 is 1.69 bits per heavy atom. The Balaban J connectivity index is 1.99. The van der Waals surface area contributed by atoms with Crippen LogP contribution >= 0.6 is 47.0 Å². The molecule has 2 heterocycles. The summed E-state index contributed by atoms with van der Waals surface area (Å²) in [5, 5.41) is 1.52. The molecule has 0 saturated heterocycles. The molecule has 1 aromatic rings. The minimum Gasteiger partial charge on any atom is -0.124 e. The van der Waals surface area contributed by atoms with E-state index in [1.165, 1.54) is 31.1 Å². The Bertz CT molecular complexity index is 376. The van der Waals surface area contributed by atoms with E-state index in [-0.39, 0.29) is 0 Å². The van der Waals surface area contributed by atoms with E-state index in [4.69, 9.17) is 0 Å². The van der Waals surface area contributed by atoms with E-state index in [1.54, 1.807) is 0 Å². The molecule has 1 aromatic carbocycles. The van der Waals surface area contributed by atoms with E-state index in [9.17, 15) is 0 Å². The van der Waals surface area contributed by atoms with Gasteiger partial charge in [-0.3, -0.25) is 0 Å². The summed E-state index contributed by atoms with van der Waals surface area (Å²) in [5.74, 6) is 2.51. The third-order valence-corrected chi connectivity index (χ3v) is 8.25. The predicted octanol–water partition coefficient (Wildman–Crippen LogP) is 4.86. The quantitative estimate of drug-likeness (QED) is 0.667. The third-order valence-electron chi connectivity index (χ3n) is 2.61. The summed E-state index contributed by atoms with van der Waals surface area (Å²) in [5.41, 5.74) is 0. The standard InChI is InChI=1S/C12H14S4/c1-7-5-13-9-4-12-10(3-11(9)15-7)14-6-8(2)16-12/h3-4,7-8H,5-6H2,1-2H3. The van der Waals surface area contributed by atoms with Crippen molar-refractivity contribution in [1.82, 2.24) is 0 Å². The molecule has 2 unspecified atom stereocenters. The number of rotatable bonds is 0. The lowest BCUT2D eigenvalue weighted by Gasteiger charge is -2.26. The molecule has 0 nitrogen and oxygen atoms in total. The smallest absolute Gasteiger partial charge is 0.0223 e. The highest BCUT2D eigenvalue weighted by Crippen LogP contribution is 2.48. The maximum absolute atomic E-state index is 2.42. The fourth-order valence-electron chi connectivity index (χ4n) is 1.85. The van der Waals surface area contributed by atoms with E-state index < -0.39 is 0 Å². The molecule has 86 valence electrons. The average molecular weight is 287 g/mol. The number of fused-ring (bicyclic) bond motifs is 2. The molecule has 0 fully saturated rings. The molecule has 3 rings (SSSR count). The zero-order chi connectivity index (χ0) is 11.1. The molecular formula is C12H14S4. The van der Waals surface area contributed by atoms with Gasteiger partial charge in [0.15, 0.2) is 0 Å². The monoisotopic (exact) mass is 286 g/mol. The van der Waals surface area contributed by atoms with Crippen LogP contribution in [-0.2, 0) is 0 Å². The highest BCUT2D eigenvalue weighted by molar-refractivity contribution is 8.07. The van der Waals surface area contributed by atoms with Crippen LogP contribution in [0, 0.1) is 0 Å². The lowest BCUT2D eigenvalue weighted by Crippen LogP contribution is -2.08. The molecule has 0 N–H and O–H groups in total. The molecule has 0 aliphatic carbocycles. The molecule has 0 radical (unpaired) electrons. The zero-order valence-corrected chi connectivity index (χ0v) is 12.6. The second-order valence-corrected chi connectivity index (χ2v) is 9.31. The van der Waals surface area contributed by atoms with Crippen molar-refractivity contribution in [2.75, 3.05) is 11.5 Å². The number of hydrogen-bond acceptors (Lipinski definition) is 4. The largest absolute Gasteiger partial charge is 0.124 e. The average Bonchev–Trinajstić information content (AvgIpc) is 2.26. The van der Waals surface area contributed by atoms with Gasteiger partial charge in [-0.1, -0.05) is 13.8 Å². The first-order valence-corrected chi connectivity index (χ1v) is 9.22. The van der Waals surface area contributed by atoms with Crippen LogP contribution in [0.25, 0.3) is 0 Å². The van der Waals surface area contributed by atoms with Crippen molar-refractivity contribution in [3.05, 3.63) is 12.1 Å². The van der Waals surface area contributed by atoms with E-state index in [0.29, 0.717) is 0 Å². The second-order valence-electron chi connectivity index (χ2n) is 4.22. The first-order chi connectivity index (χ1) is 7.72. The van der Waals surface area contributed by atoms with Crippen molar-refractivity contribution in [2.45, 2.75) is 43.9 Å². The molecule has 0 amide bonds. The summed E-state index contributed by atoms with van der Waals surface area (Å²) in [6, 6.07) is 4.84. The summed E-state index contributed by atoms with van der Waals surface area (Å²) in [7, 11) is 0. The highest BCUT2D eigenvalue weighted by atomic mass is 32.2. The van der Waals surface area contributed by atoms with Gasteiger partial charge in [0, 0.05) is 41.6 Å². The Morgan fingerprint density at radius 2 is 1.25 bits per heavy atom. The Kier molecular flexibility index (Phi) is 3.44. The molecule has 0 aromatic heterocycles. The molecule has 16 heavy (non-hydrogen) atoms. The van der Waals surface area contributed by atoms with Crippen molar-refractivity contribution in [2.24, 2.45) is 0 Å². The summed E-state index contributed by atoms with van der Waals surface area (Å²) in [6.07, 6.45) is 0. The fraction of sp³-hybridized carbons (Fsp3) is 0.500. The lowest BCUT2D eigenvalue weighted by molar-refractivity contribution is 1.01. The van der Waals surface area contributed by atoms with Crippen LogP contribution in [0.15, 0.2) is 31.7 Å². The highest BCUT2D eigenvalue weighted by Gasteiger charge is 2.22. The molecule has 2 aliphatic rings. The minimum absolute atomic E-state index is 0.760. The number of benzene rings is 1. The Labute approximate surface area is 114 Å².